The summed E-state index contributed by atoms with van der Waals surface area (Å²) in [6.07, 6.45) is 6.88. The number of benzene rings is 1. The van der Waals surface area contributed by atoms with Crippen molar-refractivity contribution in [2.24, 2.45) is 5.92 Å². The molecule has 4 fully saturated rings. The van der Waals surface area contributed by atoms with Crippen molar-refractivity contribution in [2.45, 2.75) is 37.3 Å². The summed E-state index contributed by atoms with van der Waals surface area (Å²) >= 11 is 0. The number of aromatic nitrogens is 4. The van der Waals surface area contributed by atoms with Gasteiger partial charge in [-0.1, -0.05) is 6.07 Å². The zero-order valence-corrected chi connectivity index (χ0v) is 18.0. The summed E-state index contributed by atoms with van der Waals surface area (Å²) in [6, 6.07) is 11.7. The molecule has 8 heteroatoms. The lowest BCUT2D eigenvalue weighted by Gasteiger charge is -2.63. The Labute approximate surface area is 186 Å². The van der Waals surface area contributed by atoms with Gasteiger partial charge in [-0.2, -0.15) is 5.10 Å². The first-order valence-corrected chi connectivity index (χ1v) is 11.2. The second kappa shape index (κ2) is 7.41. The third kappa shape index (κ3) is 3.35. The van der Waals surface area contributed by atoms with Crippen LogP contribution in [0.3, 0.4) is 0 Å². The van der Waals surface area contributed by atoms with E-state index < -0.39 is 0 Å². The molecule has 1 atom stereocenters. The number of anilines is 1. The van der Waals surface area contributed by atoms with Crippen LogP contribution in [0, 0.1) is 5.92 Å². The van der Waals surface area contributed by atoms with Crippen LogP contribution >= 0.6 is 0 Å². The molecule has 0 radical (unpaired) electrons. The summed E-state index contributed by atoms with van der Waals surface area (Å²) in [6.45, 7) is 1.97. The van der Waals surface area contributed by atoms with Gasteiger partial charge in [-0.25, -0.2) is 0 Å². The summed E-state index contributed by atoms with van der Waals surface area (Å²) in [5.41, 5.74) is 3.39. The van der Waals surface area contributed by atoms with Gasteiger partial charge in [0.15, 0.2) is 5.82 Å². The van der Waals surface area contributed by atoms with Crippen LogP contribution in [0.4, 0.5) is 5.82 Å². The van der Waals surface area contributed by atoms with Gasteiger partial charge in [0.05, 0.1) is 19.0 Å². The van der Waals surface area contributed by atoms with Crippen molar-refractivity contribution in [1.82, 2.24) is 25.7 Å². The minimum atomic E-state index is 0.143. The average Bonchev–Trinajstić information content (AvgIpc) is 3.24. The highest BCUT2D eigenvalue weighted by Crippen LogP contribution is 2.57. The topological polar surface area (TPSA) is 96.3 Å². The van der Waals surface area contributed by atoms with Gasteiger partial charge < -0.3 is 20.1 Å². The number of ether oxygens (including phenoxy) is 1. The van der Waals surface area contributed by atoms with Crippen molar-refractivity contribution >= 4 is 5.82 Å². The van der Waals surface area contributed by atoms with Crippen LogP contribution in [-0.4, -0.2) is 57.3 Å². The zero-order valence-electron chi connectivity index (χ0n) is 18.0. The van der Waals surface area contributed by atoms with E-state index in [2.05, 4.69) is 30.6 Å². The van der Waals surface area contributed by atoms with Gasteiger partial charge in [-0.3, -0.25) is 0 Å². The van der Waals surface area contributed by atoms with Gasteiger partial charge in [0.25, 0.3) is 0 Å². The number of phenols is 1. The Balaban J connectivity index is 1.15. The van der Waals surface area contributed by atoms with Crippen LogP contribution in [0.1, 0.15) is 25.7 Å². The maximum Gasteiger partial charge on any atom is 0.233 e. The predicted molar refractivity (Wildman–Crippen MR) is 121 cm³/mol. The van der Waals surface area contributed by atoms with E-state index in [0.717, 1.165) is 42.4 Å². The fraction of sp³-hybridized carbons (Fsp3) is 0.417. The predicted octanol–water partition coefficient (Wildman–Crippen LogP) is 3.04. The maximum atomic E-state index is 10.6. The highest BCUT2D eigenvalue weighted by atomic mass is 16.5. The van der Waals surface area contributed by atoms with Crippen molar-refractivity contribution in [2.75, 3.05) is 25.1 Å². The normalized spacial score (nSPS) is 25.8. The first kappa shape index (κ1) is 19.4. The molecule has 4 aliphatic rings. The Kier molecular flexibility index (Phi) is 4.50. The van der Waals surface area contributed by atoms with Gasteiger partial charge in [0, 0.05) is 41.9 Å². The molecule has 2 aromatic heterocycles. The second-order valence-corrected chi connectivity index (χ2v) is 9.33. The molecule has 1 unspecified atom stereocenters. The van der Waals surface area contributed by atoms with Crippen molar-refractivity contribution in [3.8, 4) is 34.0 Å². The van der Waals surface area contributed by atoms with Crippen LogP contribution < -0.4 is 15.0 Å². The monoisotopic (exact) mass is 430 g/mol. The number of methoxy groups -OCH3 is 1. The summed E-state index contributed by atoms with van der Waals surface area (Å²) in [5, 5.41) is 31.2. The molecule has 1 aromatic carbocycles. The van der Waals surface area contributed by atoms with Crippen molar-refractivity contribution in [3.63, 3.8) is 0 Å². The molecule has 3 aliphatic carbocycles. The standard InChI is InChI=1S/C24H26N6O2/c1-32-23-9-17(13-25-29-23)16-2-3-19(21(31)8-16)20-4-5-22(28-27-20)30-7-6-18(14-30)26-24-10-15(11-24)12-24/h2-5,8-9,13,15,18,26,31H,6-7,10-12,14H2,1H3. The minimum Gasteiger partial charge on any atom is -0.507 e. The number of aromatic hydroxyl groups is 1. The van der Waals surface area contributed by atoms with E-state index >= 15 is 0 Å². The Hall–Kier alpha value is -3.26. The SMILES string of the molecule is COc1cc(-c2ccc(-c3ccc(N4CCC(NC56CC(C5)C6)C4)nn3)c(O)c2)cnn1. The minimum absolute atomic E-state index is 0.143. The smallest absolute Gasteiger partial charge is 0.233 e. The van der Waals surface area contributed by atoms with E-state index in [0.29, 0.717) is 28.7 Å². The number of nitrogens with zero attached hydrogens (tertiary/aromatic N) is 5. The molecule has 7 rings (SSSR count). The van der Waals surface area contributed by atoms with Gasteiger partial charge in [0.2, 0.25) is 5.88 Å². The van der Waals surface area contributed by atoms with Crippen LogP contribution in [0.25, 0.3) is 22.4 Å². The Morgan fingerprint density at radius 2 is 1.94 bits per heavy atom. The summed E-state index contributed by atoms with van der Waals surface area (Å²) in [7, 11) is 1.55. The lowest BCUT2D eigenvalue weighted by molar-refractivity contribution is -0.0572. The van der Waals surface area contributed by atoms with E-state index in [1.165, 1.54) is 19.3 Å². The third-order valence-electron chi connectivity index (χ3n) is 7.16. The molecule has 1 aliphatic heterocycles. The van der Waals surface area contributed by atoms with E-state index in [4.69, 9.17) is 4.74 Å². The molecule has 3 aromatic rings. The number of hydrogen-bond acceptors (Lipinski definition) is 8. The number of rotatable bonds is 6. The van der Waals surface area contributed by atoms with E-state index in [-0.39, 0.29) is 5.75 Å². The highest BCUT2D eigenvalue weighted by molar-refractivity contribution is 5.74. The first-order valence-electron chi connectivity index (χ1n) is 11.2. The van der Waals surface area contributed by atoms with E-state index in [1.54, 1.807) is 25.4 Å². The number of nitrogens with one attached hydrogen (secondary N) is 1. The van der Waals surface area contributed by atoms with Gasteiger partial charge in [-0.15, -0.1) is 15.3 Å². The second-order valence-electron chi connectivity index (χ2n) is 9.33. The van der Waals surface area contributed by atoms with Crippen molar-refractivity contribution < 1.29 is 9.84 Å². The summed E-state index contributed by atoms with van der Waals surface area (Å²) < 4.78 is 5.13. The number of phenolic OH excluding ortho intramolecular Hbond substituents is 1. The van der Waals surface area contributed by atoms with Gasteiger partial charge in [-0.05, 0) is 61.4 Å². The molecule has 32 heavy (non-hydrogen) atoms. The Bertz CT molecular complexity index is 1130. The molecule has 3 saturated carbocycles. The molecular weight excluding hydrogens is 404 g/mol. The Morgan fingerprint density at radius 1 is 1.06 bits per heavy atom. The van der Waals surface area contributed by atoms with Gasteiger partial charge >= 0.3 is 0 Å². The molecule has 0 amide bonds. The quantitative estimate of drug-likeness (QED) is 0.616. The largest absolute Gasteiger partial charge is 0.507 e. The summed E-state index contributed by atoms with van der Waals surface area (Å²) in [5.74, 6) is 2.45. The fourth-order valence-corrected chi connectivity index (χ4v) is 5.34. The molecule has 1 saturated heterocycles. The van der Waals surface area contributed by atoms with Crippen molar-refractivity contribution in [3.05, 3.63) is 42.6 Å². The average molecular weight is 431 g/mol. The molecule has 8 nitrogen and oxygen atoms in total. The van der Waals surface area contributed by atoms with Crippen LogP contribution in [0.5, 0.6) is 11.6 Å². The molecule has 2 bridgehead atoms. The molecule has 0 spiro atoms. The Morgan fingerprint density at radius 3 is 2.62 bits per heavy atom. The molecular formula is C24H26N6O2. The first-order chi connectivity index (χ1) is 15.6. The molecule has 164 valence electrons. The van der Waals surface area contributed by atoms with Gasteiger partial charge in [0.1, 0.15) is 5.75 Å². The highest BCUT2D eigenvalue weighted by Gasteiger charge is 2.57. The van der Waals surface area contributed by atoms with Crippen molar-refractivity contribution in [1.29, 1.82) is 0 Å². The zero-order chi connectivity index (χ0) is 21.7. The number of hydrogen-bond donors (Lipinski definition) is 2. The fourth-order valence-electron chi connectivity index (χ4n) is 5.34. The lowest BCUT2D eigenvalue weighted by atomic mass is 9.49. The summed E-state index contributed by atoms with van der Waals surface area (Å²) in [4.78, 5) is 2.30. The third-order valence-corrected chi connectivity index (χ3v) is 7.16. The van der Waals surface area contributed by atoms with Crippen LogP contribution in [0.2, 0.25) is 0 Å². The van der Waals surface area contributed by atoms with E-state index in [1.807, 2.05) is 24.3 Å². The molecule has 2 N–H and O–H groups in total. The maximum absolute atomic E-state index is 10.6. The van der Waals surface area contributed by atoms with Crippen LogP contribution in [0.15, 0.2) is 42.6 Å². The molecule has 3 heterocycles. The van der Waals surface area contributed by atoms with E-state index in [9.17, 15) is 5.11 Å². The van der Waals surface area contributed by atoms with Crippen LogP contribution in [-0.2, 0) is 0 Å². The lowest BCUT2D eigenvalue weighted by Crippen LogP contribution is -2.69.